The van der Waals surface area contributed by atoms with Crippen LogP contribution in [0.3, 0.4) is 0 Å². The molecule has 1 heterocycles. The van der Waals surface area contributed by atoms with Crippen molar-refractivity contribution in [3.8, 4) is 0 Å². The first kappa shape index (κ1) is 11.3. The van der Waals surface area contributed by atoms with Crippen LogP contribution in [0.15, 0.2) is 24.5 Å². The highest BCUT2D eigenvalue weighted by atomic mass is 16.4. The minimum atomic E-state index is -1.03. The number of aromatic nitrogens is 1. The standard InChI is InChI=1S/C12H12N2O3/c15-11(16)4-1-8-5-9(7-13-6-8)12(17)14-10-2-3-10/h1,4-7,10H,2-3H2,(H,14,17)(H,15,16). The third-order valence-electron chi connectivity index (χ3n) is 2.35. The molecule has 1 aliphatic rings. The van der Waals surface area contributed by atoms with Crippen molar-refractivity contribution in [2.75, 3.05) is 0 Å². The van der Waals surface area contributed by atoms with E-state index in [2.05, 4.69) is 10.3 Å². The van der Waals surface area contributed by atoms with Crippen molar-refractivity contribution >= 4 is 18.0 Å². The molecule has 0 aromatic carbocycles. The molecule has 1 amide bonds. The zero-order chi connectivity index (χ0) is 12.3. The van der Waals surface area contributed by atoms with Crippen molar-refractivity contribution in [1.29, 1.82) is 0 Å². The van der Waals surface area contributed by atoms with Gasteiger partial charge in [-0.3, -0.25) is 9.78 Å². The lowest BCUT2D eigenvalue weighted by molar-refractivity contribution is -0.131. The minimum absolute atomic E-state index is 0.162. The van der Waals surface area contributed by atoms with E-state index in [1.165, 1.54) is 18.5 Å². The van der Waals surface area contributed by atoms with Gasteiger partial charge in [-0.2, -0.15) is 0 Å². The van der Waals surface area contributed by atoms with Gasteiger partial charge in [0, 0.05) is 24.5 Å². The summed E-state index contributed by atoms with van der Waals surface area (Å²) in [5.74, 6) is -1.19. The van der Waals surface area contributed by atoms with Crippen LogP contribution in [0.5, 0.6) is 0 Å². The number of hydrogen-bond acceptors (Lipinski definition) is 3. The first-order chi connectivity index (χ1) is 8.15. The predicted octanol–water partition coefficient (Wildman–Crippen LogP) is 1.07. The van der Waals surface area contributed by atoms with E-state index in [4.69, 9.17) is 5.11 Å². The van der Waals surface area contributed by atoms with Gasteiger partial charge in [-0.05, 0) is 30.5 Å². The van der Waals surface area contributed by atoms with Crippen molar-refractivity contribution in [2.24, 2.45) is 0 Å². The maximum absolute atomic E-state index is 11.7. The second kappa shape index (κ2) is 4.78. The Morgan fingerprint density at radius 3 is 2.82 bits per heavy atom. The van der Waals surface area contributed by atoms with Crippen LogP contribution in [-0.2, 0) is 4.79 Å². The molecule has 1 aliphatic carbocycles. The lowest BCUT2D eigenvalue weighted by Crippen LogP contribution is -2.25. The lowest BCUT2D eigenvalue weighted by atomic mass is 10.2. The quantitative estimate of drug-likeness (QED) is 0.761. The van der Waals surface area contributed by atoms with Crippen molar-refractivity contribution in [1.82, 2.24) is 10.3 Å². The average Bonchev–Trinajstić information content (AvgIpc) is 3.10. The molecule has 0 spiro atoms. The highest BCUT2D eigenvalue weighted by molar-refractivity contribution is 5.95. The molecule has 0 unspecified atom stereocenters. The average molecular weight is 232 g/mol. The molecule has 0 aliphatic heterocycles. The maximum atomic E-state index is 11.7. The number of carbonyl (C=O) groups is 2. The van der Waals surface area contributed by atoms with Gasteiger partial charge in [-0.25, -0.2) is 4.79 Å². The SMILES string of the molecule is O=C(O)C=Cc1cncc(C(=O)NC2CC2)c1. The molecule has 17 heavy (non-hydrogen) atoms. The number of aliphatic carboxylic acids is 1. The van der Waals surface area contributed by atoms with E-state index >= 15 is 0 Å². The summed E-state index contributed by atoms with van der Waals surface area (Å²) < 4.78 is 0. The largest absolute Gasteiger partial charge is 0.478 e. The number of carbonyl (C=O) groups excluding carboxylic acids is 1. The molecule has 0 bridgehead atoms. The number of amides is 1. The third kappa shape index (κ3) is 3.41. The number of carboxylic acid groups (broad SMARTS) is 1. The first-order valence-corrected chi connectivity index (χ1v) is 5.32. The van der Waals surface area contributed by atoms with Gasteiger partial charge in [-0.15, -0.1) is 0 Å². The number of carboxylic acids is 1. The minimum Gasteiger partial charge on any atom is -0.478 e. The molecule has 5 heteroatoms. The summed E-state index contributed by atoms with van der Waals surface area (Å²) in [6.45, 7) is 0. The van der Waals surface area contributed by atoms with Gasteiger partial charge in [0.05, 0.1) is 5.56 Å². The summed E-state index contributed by atoms with van der Waals surface area (Å²) in [5.41, 5.74) is 1.04. The summed E-state index contributed by atoms with van der Waals surface area (Å²) in [6.07, 6.45) is 7.45. The van der Waals surface area contributed by atoms with Crippen molar-refractivity contribution in [3.63, 3.8) is 0 Å². The van der Waals surface area contributed by atoms with Crippen LogP contribution in [0.2, 0.25) is 0 Å². The molecule has 0 radical (unpaired) electrons. The molecule has 2 N–H and O–H groups in total. The highest BCUT2D eigenvalue weighted by Crippen LogP contribution is 2.19. The van der Waals surface area contributed by atoms with Crippen molar-refractivity contribution in [2.45, 2.75) is 18.9 Å². The van der Waals surface area contributed by atoms with E-state index in [1.54, 1.807) is 6.07 Å². The lowest BCUT2D eigenvalue weighted by Gasteiger charge is -2.03. The van der Waals surface area contributed by atoms with Gasteiger partial charge in [-0.1, -0.05) is 0 Å². The van der Waals surface area contributed by atoms with Crippen LogP contribution in [0.25, 0.3) is 6.08 Å². The topological polar surface area (TPSA) is 79.3 Å². The van der Waals surface area contributed by atoms with Crippen molar-refractivity contribution in [3.05, 3.63) is 35.7 Å². The van der Waals surface area contributed by atoms with Crippen LogP contribution in [0.1, 0.15) is 28.8 Å². The highest BCUT2D eigenvalue weighted by Gasteiger charge is 2.23. The van der Waals surface area contributed by atoms with E-state index in [9.17, 15) is 9.59 Å². The Balaban J connectivity index is 2.09. The number of pyridine rings is 1. The van der Waals surface area contributed by atoms with Gasteiger partial charge in [0.15, 0.2) is 0 Å². The first-order valence-electron chi connectivity index (χ1n) is 5.32. The van der Waals surface area contributed by atoms with Crippen LogP contribution >= 0.6 is 0 Å². The van der Waals surface area contributed by atoms with Gasteiger partial charge < -0.3 is 10.4 Å². The van der Waals surface area contributed by atoms with E-state index in [0.29, 0.717) is 17.2 Å². The third-order valence-corrected chi connectivity index (χ3v) is 2.35. The Morgan fingerprint density at radius 1 is 1.41 bits per heavy atom. The summed E-state index contributed by atoms with van der Waals surface area (Å²) >= 11 is 0. The normalized spacial score (nSPS) is 14.8. The van der Waals surface area contributed by atoms with E-state index in [1.807, 2.05) is 0 Å². The Hall–Kier alpha value is -2.17. The second-order valence-corrected chi connectivity index (χ2v) is 3.93. The monoisotopic (exact) mass is 232 g/mol. The summed E-state index contributed by atoms with van der Waals surface area (Å²) in [5, 5.41) is 11.3. The summed E-state index contributed by atoms with van der Waals surface area (Å²) in [7, 11) is 0. The molecule has 2 rings (SSSR count). The molecule has 0 saturated heterocycles. The van der Waals surface area contributed by atoms with Gasteiger partial charge in [0.1, 0.15) is 0 Å². The molecule has 88 valence electrons. The van der Waals surface area contributed by atoms with Gasteiger partial charge >= 0.3 is 5.97 Å². The van der Waals surface area contributed by atoms with Crippen molar-refractivity contribution < 1.29 is 14.7 Å². The molecule has 1 aromatic rings. The number of hydrogen-bond donors (Lipinski definition) is 2. The zero-order valence-corrected chi connectivity index (χ0v) is 9.09. The van der Waals surface area contributed by atoms with E-state index in [-0.39, 0.29) is 5.91 Å². The van der Waals surface area contributed by atoms with Crippen LogP contribution in [0.4, 0.5) is 0 Å². The Kier molecular flexibility index (Phi) is 3.18. The zero-order valence-electron chi connectivity index (χ0n) is 9.09. The predicted molar refractivity (Wildman–Crippen MR) is 61.4 cm³/mol. The maximum Gasteiger partial charge on any atom is 0.328 e. The van der Waals surface area contributed by atoms with Crippen LogP contribution in [0, 0.1) is 0 Å². The molecule has 1 saturated carbocycles. The number of nitrogens with one attached hydrogen (secondary N) is 1. The molecule has 1 aromatic heterocycles. The summed E-state index contributed by atoms with van der Waals surface area (Å²) in [6, 6.07) is 1.91. The van der Waals surface area contributed by atoms with Gasteiger partial charge in [0.25, 0.3) is 5.91 Å². The molecule has 0 atom stereocenters. The Morgan fingerprint density at radius 2 is 2.18 bits per heavy atom. The molecular weight excluding hydrogens is 220 g/mol. The van der Waals surface area contributed by atoms with Crippen LogP contribution < -0.4 is 5.32 Å². The number of nitrogens with zero attached hydrogens (tertiary/aromatic N) is 1. The number of rotatable bonds is 4. The molecule has 5 nitrogen and oxygen atoms in total. The van der Waals surface area contributed by atoms with Crippen LogP contribution in [-0.4, -0.2) is 28.0 Å². The Bertz CT molecular complexity index is 478. The van der Waals surface area contributed by atoms with E-state index < -0.39 is 5.97 Å². The fourth-order valence-electron chi connectivity index (χ4n) is 1.34. The molecule has 1 fully saturated rings. The smallest absolute Gasteiger partial charge is 0.328 e. The fourth-order valence-corrected chi connectivity index (χ4v) is 1.34. The van der Waals surface area contributed by atoms with Gasteiger partial charge in [0.2, 0.25) is 0 Å². The van der Waals surface area contributed by atoms with E-state index in [0.717, 1.165) is 18.9 Å². The summed E-state index contributed by atoms with van der Waals surface area (Å²) in [4.78, 5) is 26.0. The second-order valence-electron chi connectivity index (χ2n) is 3.93. The fraction of sp³-hybridized carbons (Fsp3) is 0.250. The molecular formula is C12H12N2O3. The Labute approximate surface area is 98.2 Å².